The summed E-state index contributed by atoms with van der Waals surface area (Å²) in [6, 6.07) is 5.28. The molecule has 4 aliphatic rings. The minimum atomic E-state index is -4.82. The van der Waals surface area contributed by atoms with Gasteiger partial charge < -0.3 is 0 Å². The van der Waals surface area contributed by atoms with E-state index in [2.05, 4.69) is 0 Å². The number of allylic oxidation sites excluding steroid dienone is 12. The normalized spacial score (nSPS) is 18.5. The summed E-state index contributed by atoms with van der Waals surface area (Å²) in [7, 11) is 0. The van der Waals surface area contributed by atoms with Crippen LogP contribution in [0.5, 0.6) is 0 Å². The first-order chi connectivity index (χ1) is 19.0. The molecule has 39 heavy (non-hydrogen) atoms. The van der Waals surface area contributed by atoms with E-state index in [1.165, 1.54) is 24.3 Å². The Morgan fingerprint density at radius 2 is 0.949 bits per heavy atom. The van der Waals surface area contributed by atoms with E-state index in [1.54, 1.807) is 58.7 Å². The number of hydrogen-bond acceptors (Lipinski definition) is 2. The van der Waals surface area contributed by atoms with Crippen molar-refractivity contribution >= 4 is 19.1 Å². The fraction of sp³-hybridized carbons (Fsp3) is 0.125. The summed E-state index contributed by atoms with van der Waals surface area (Å²) in [4.78, 5) is 3.36. The van der Waals surface area contributed by atoms with Crippen LogP contribution in [0.25, 0.3) is 0 Å². The number of rotatable bonds is 6. The van der Waals surface area contributed by atoms with Crippen molar-refractivity contribution in [1.29, 1.82) is 0 Å². The van der Waals surface area contributed by atoms with Crippen LogP contribution in [0.3, 0.4) is 0 Å². The number of anilines is 2. The van der Waals surface area contributed by atoms with Crippen molar-refractivity contribution in [3.63, 3.8) is 0 Å². The average Bonchev–Trinajstić information content (AvgIpc) is 3.69. The summed E-state index contributed by atoms with van der Waals surface area (Å²) in [5.74, 6) is -3.08. The van der Waals surface area contributed by atoms with Crippen molar-refractivity contribution < 1.29 is 34.2 Å². The fourth-order valence-electron chi connectivity index (χ4n) is 6.06. The van der Waals surface area contributed by atoms with Gasteiger partial charge in [-0.1, -0.05) is 0 Å². The standard InChI is InChI=1S/2C11H8F2N.2C5H5.Ti/c2*12-9-4-5-11(10(13)8-9)14-6-2-1-3-7-14;2*1-2-4-5-3-1;/h2*1-6H,7H2;2*1-5H;. The van der Waals surface area contributed by atoms with Gasteiger partial charge in [0.25, 0.3) is 0 Å². The Kier molecular flexibility index (Phi) is 6.92. The van der Waals surface area contributed by atoms with Gasteiger partial charge in [-0.3, -0.25) is 0 Å². The first-order valence-corrected chi connectivity index (χ1v) is 16.3. The molecule has 0 aromatic heterocycles. The number of nitrogens with zero attached hydrogens (tertiary/aromatic N) is 2. The molecule has 0 spiro atoms. The van der Waals surface area contributed by atoms with Crippen molar-refractivity contribution in [3.05, 3.63) is 145 Å². The van der Waals surface area contributed by atoms with Crippen LogP contribution < -0.4 is 17.5 Å². The molecule has 0 unspecified atom stereocenters. The number of hydrogen-bond donors (Lipinski definition) is 0. The van der Waals surface area contributed by atoms with Crippen molar-refractivity contribution in [2.45, 2.75) is 8.45 Å². The molecule has 2 heterocycles. The van der Waals surface area contributed by atoms with Gasteiger partial charge >= 0.3 is 230 Å². The van der Waals surface area contributed by atoms with Crippen molar-refractivity contribution in [3.8, 4) is 0 Å². The SMILES string of the molecule is Fc1ccc(N2C=CC=CC2)c(F)[c]1[Ti]([c]1c(F)ccc(N2C=CC=CC2)c1F)([CH]1C=CC=C1)[CH]1C=CC=C1. The molecule has 0 bridgehead atoms. The molecule has 2 aliphatic carbocycles. The summed E-state index contributed by atoms with van der Waals surface area (Å²) in [6.45, 7) is 0.802. The Morgan fingerprint density at radius 1 is 0.538 bits per heavy atom. The van der Waals surface area contributed by atoms with Gasteiger partial charge in [-0.15, -0.1) is 0 Å². The van der Waals surface area contributed by atoms with Crippen LogP contribution in [-0.2, 0) is 16.6 Å². The van der Waals surface area contributed by atoms with E-state index >= 15 is 17.6 Å². The molecule has 0 radical (unpaired) electrons. The molecule has 0 saturated carbocycles. The van der Waals surface area contributed by atoms with E-state index in [0.29, 0.717) is 13.1 Å². The van der Waals surface area contributed by atoms with Crippen molar-refractivity contribution in [2.24, 2.45) is 0 Å². The number of halogens is 4. The monoisotopic (exact) mass is 562 g/mol. The molecule has 196 valence electrons. The van der Waals surface area contributed by atoms with Crippen LogP contribution in [0.1, 0.15) is 0 Å². The molecule has 2 nitrogen and oxygen atoms in total. The van der Waals surface area contributed by atoms with Crippen LogP contribution in [0.4, 0.5) is 28.9 Å². The molecule has 2 aromatic rings. The zero-order chi connectivity index (χ0) is 27.0. The summed E-state index contributed by atoms with van der Waals surface area (Å²) in [6.07, 6.45) is 28.9. The first kappa shape index (κ1) is 25.7. The van der Waals surface area contributed by atoms with E-state index in [0.717, 1.165) is 0 Å². The number of benzene rings is 2. The van der Waals surface area contributed by atoms with Crippen LogP contribution in [0, 0.1) is 23.3 Å². The first-order valence-electron chi connectivity index (χ1n) is 12.9. The van der Waals surface area contributed by atoms with Gasteiger partial charge in [0, 0.05) is 0 Å². The molecule has 2 aliphatic heterocycles. The van der Waals surface area contributed by atoms with Crippen LogP contribution in [0.2, 0.25) is 8.45 Å². The quantitative estimate of drug-likeness (QED) is 0.278. The Morgan fingerprint density at radius 3 is 1.31 bits per heavy atom. The van der Waals surface area contributed by atoms with Gasteiger partial charge in [0.1, 0.15) is 0 Å². The van der Waals surface area contributed by atoms with Gasteiger partial charge in [0.2, 0.25) is 0 Å². The third-order valence-electron chi connectivity index (χ3n) is 7.77. The van der Waals surface area contributed by atoms with E-state index in [-0.39, 0.29) is 19.1 Å². The van der Waals surface area contributed by atoms with E-state index < -0.39 is 48.3 Å². The third-order valence-corrected chi connectivity index (χ3v) is 16.3. The van der Waals surface area contributed by atoms with E-state index in [1.807, 2.05) is 48.6 Å². The Labute approximate surface area is 229 Å². The predicted molar refractivity (Wildman–Crippen MR) is 147 cm³/mol. The van der Waals surface area contributed by atoms with Crippen molar-refractivity contribution in [1.82, 2.24) is 0 Å². The topological polar surface area (TPSA) is 6.48 Å². The van der Waals surface area contributed by atoms with Crippen LogP contribution in [0.15, 0.2) is 122 Å². The Bertz CT molecular complexity index is 1410. The summed E-state index contributed by atoms with van der Waals surface area (Å²) >= 11 is -4.82. The molecule has 0 fully saturated rings. The van der Waals surface area contributed by atoms with Gasteiger partial charge in [0.15, 0.2) is 0 Å². The van der Waals surface area contributed by atoms with Gasteiger partial charge in [-0.25, -0.2) is 0 Å². The summed E-state index contributed by atoms with van der Waals surface area (Å²) in [5.41, 5.74) is 0.361. The fourth-order valence-corrected chi connectivity index (χ4v) is 14.8. The molecule has 0 N–H and O–H groups in total. The third kappa shape index (κ3) is 4.23. The Hall–Kier alpha value is -3.61. The molecule has 0 amide bonds. The molecular weight excluding hydrogens is 536 g/mol. The van der Waals surface area contributed by atoms with Gasteiger partial charge in [-0.2, -0.15) is 0 Å². The molecule has 7 heteroatoms. The Balaban J connectivity index is 1.69. The average molecular weight is 562 g/mol. The maximum absolute atomic E-state index is 16.9. The second-order valence-electron chi connectivity index (χ2n) is 9.82. The zero-order valence-electron chi connectivity index (χ0n) is 21.0. The maximum atomic E-state index is 16.9. The van der Waals surface area contributed by atoms with Crippen LogP contribution in [-0.4, -0.2) is 13.1 Å². The van der Waals surface area contributed by atoms with Gasteiger partial charge in [-0.05, 0) is 0 Å². The van der Waals surface area contributed by atoms with Gasteiger partial charge in [0.05, 0.1) is 0 Å². The zero-order valence-corrected chi connectivity index (χ0v) is 22.6. The minimum absolute atomic E-state index is 0.179. The van der Waals surface area contributed by atoms with E-state index in [9.17, 15) is 0 Å². The summed E-state index contributed by atoms with van der Waals surface area (Å²) < 4.78 is 64.6. The summed E-state index contributed by atoms with van der Waals surface area (Å²) in [5, 5.41) is 0. The predicted octanol–water partition coefficient (Wildman–Crippen LogP) is 6.96. The second kappa shape index (κ2) is 10.5. The second-order valence-corrected chi connectivity index (χ2v) is 16.2. The molecular formula is C32H26F4N2Ti. The van der Waals surface area contributed by atoms with Crippen molar-refractivity contribution in [2.75, 3.05) is 22.9 Å². The molecule has 2 aromatic carbocycles. The van der Waals surface area contributed by atoms with E-state index in [4.69, 9.17) is 0 Å². The molecule has 0 saturated heterocycles. The van der Waals surface area contributed by atoms with Crippen LogP contribution >= 0.6 is 0 Å². The molecule has 0 atom stereocenters. The molecule has 6 rings (SSSR count).